The van der Waals surface area contributed by atoms with E-state index in [0.29, 0.717) is 12.0 Å². The second-order valence-corrected chi connectivity index (χ2v) is 6.78. The molecular formula is C22H23FN2O4. The van der Waals surface area contributed by atoms with Crippen molar-refractivity contribution in [3.63, 3.8) is 0 Å². The van der Waals surface area contributed by atoms with Gasteiger partial charge < -0.3 is 14.4 Å². The Hall–Kier alpha value is -3.22. The third-order valence-corrected chi connectivity index (χ3v) is 4.97. The lowest BCUT2D eigenvalue weighted by Crippen LogP contribution is -2.20. The maximum absolute atomic E-state index is 13.8. The lowest BCUT2D eigenvalue weighted by atomic mass is 9.99. The molecule has 0 aromatic heterocycles. The van der Waals surface area contributed by atoms with E-state index < -0.39 is 5.97 Å². The fourth-order valence-corrected chi connectivity index (χ4v) is 3.51. The third-order valence-electron chi connectivity index (χ3n) is 4.97. The molecule has 0 fully saturated rings. The zero-order chi connectivity index (χ0) is 21.0. The molecule has 0 saturated carbocycles. The summed E-state index contributed by atoms with van der Waals surface area (Å²) in [5.74, 6) is -0.892. The van der Waals surface area contributed by atoms with Gasteiger partial charge in [-0.15, -0.1) is 0 Å². The third kappa shape index (κ3) is 4.29. The molecule has 0 spiro atoms. The molecule has 0 N–H and O–H groups in total. The summed E-state index contributed by atoms with van der Waals surface area (Å²) in [5, 5.41) is 8.07. The van der Waals surface area contributed by atoms with E-state index in [1.54, 1.807) is 6.07 Å². The van der Waals surface area contributed by atoms with Gasteiger partial charge in [0, 0.05) is 16.7 Å². The van der Waals surface area contributed by atoms with E-state index in [0.717, 1.165) is 39.9 Å². The first-order valence-electron chi connectivity index (χ1n) is 9.22. The van der Waals surface area contributed by atoms with E-state index in [1.807, 2.05) is 26.0 Å². The Balaban J connectivity index is 1.87. The topological polar surface area (TPSA) is 69.5 Å². The van der Waals surface area contributed by atoms with Crippen LogP contribution >= 0.6 is 0 Å². The van der Waals surface area contributed by atoms with Gasteiger partial charge in [-0.05, 0) is 55.5 Å². The van der Waals surface area contributed by atoms with E-state index in [4.69, 9.17) is 14.4 Å². The highest BCUT2D eigenvalue weighted by molar-refractivity contribution is 6.43. The minimum Gasteiger partial charge on any atom is -0.464 e. The number of benzene rings is 2. The van der Waals surface area contributed by atoms with Gasteiger partial charge in [0.1, 0.15) is 19.5 Å². The molecule has 152 valence electrons. The summed E-state index contributed by atoms with van der Waals surface area (Å²) >= 11 is 0. The number of carbonyl (C=O) groups excluding carboxylic acids is 1. The van der Waals surface area contributed by atoms with Crippen molar-refractivity contribution in [3.05, 3.63) is 69.5 Å². The van der Waals surface area contributed by atoms with Crippen LogP contribution in [0.25, 0.3) is 0 Å². The predicted octanol–water partition coefficient (Wildman–Crippen LogP) is 3.83. The SMILES string of the molecule is CO/N=C(/C(=O)OC)c1cccc(C)c1CO/N=C1\CCc2c(C)cc(F)cc21. The Bertz CT molecular complexity index is 999. The standard InChI is InChI=1S/C22H23FN2O4/c1-13-6-5-7-17(21(25-28-4)22(26)27-3)19(13)12-29-24-20-9-8-16-14(2)10-15(23)11-18(16)20/h5-7,10-11H,8-9,12H2,1-4H3/b24-20+,25-21+. The number of esters is 1. The van der Waals surface area contributed by atoms with Crippen LogP contribution in [0.2, 0.25) is 0 Å². The average molecular weight is 398 g/mol. The minimum absolute atomic E-state index is 0.0499. The molecule has 1 aliphatic carbocycles. The molecule has 2 aromatic rings. The highest BCUT2D eigenvalue weighted by Gasteiger charge is 2.23. The van der Waals surface area contributed by atoms with Crippen molar-refractivity contribution in [3.8, 4) is 0 Å². The van der Waals surface area contributed by atoms with Crippen LogP contribution in [-0.2, 0) is 32.2 Å². The first-order valence-corrected chi connectivity index (χ1v) is 9.22. The van der Waals surface area contributed by atoms with E-state index in [9.17, 15) is 9.18 Å². The highest BCUT2D eigenvalue weighted by atomic mass is 19.1. The maximum atomic E-state index is 13.8. The molecule has 7 heteroatoms. The molecule has 0 amide bonds. The van der Waals surface area contributed by atoms with Gasteiger partial charge in [-0.2, -0.15) is 0 Å². The molecule has 0 unspecified atom stereocenters. The first kappa shape index (κ1) is 20.5. The van der Waals surface area contributed by atoms with Gasteiger partial charge in [0.15, 0.2) is 5.71 Å². The van der Waals surface area contributed by atoms with E-state index in [1.165, 1.54) is 26.4 Å². The predicted molar refractivity (Wildman–Crippen MR) is 108 cm³/mol. The van der Waals surface area contributed by atoms with Gasteiger partial charge in [-0.1, -0.05) is 28.5 Å². The summed E-state index contributed by atoms with van der Waals surface area (Å²) in [7, 11) is 2.64. The number of methoxy groups -OCH3 is 1. The number of nitrogens with zero attached hydrogens (tertiary/aromatic N) is 2. The van der Waals surface area contributed by atoms with E-state index in [-0.39, 0.29) is 18.1 Å². The largest absolute Gasteiger partial charge is 0.464 e. The van der Waals surface area contributed by atoms with Crippen molar-refractivity contribution in [2.24, 2.45) is 10.3 Å². The van der Waals surface area contributed by atoms with Gasteiger partial charge in [-0.3, -0.25) is 0 Å². The summed E-state index contributed by atoms with van der Waals surface area (Å²) in [6.45, 7) is 3.92. The Morgan fingerprint density at radius 2 is 1.93 bits per heavy atom. The van der Waals surface area contributed by atoms with Crippen LogP contribution in [0.4, 0.5) is 4.39 Å². The fraction of sp³-hybridized carbons (Fsp3) is 0.318. The summed E-state index contributed by atoms with van der Waals surface area (Å²) in [6, 6.07) is 8.49. The summed E-state index contributed by atoms with van der Waals surface area (Å²) in [4.78, 5) is 22.5. The first-order chi connectivity index (χ1) is 14.0. The number of oxime groups is 2. The molecule has 0 atom stereocenters. The molecule has 0 aliphatic heterocycles. The van der Waals surface area contributed by atoms with Crippen molar-refractivity contribution in [2.75, 3.05) is 14.2 Å². The van der Waals surface area contributed by atoms with Crippen molar-refractivity contribution < 1.29 is 23.6 Å². The fourth-order valence-electron chi connectivity index (χ4n) is 3.51. The van der Waals surface area contributed by atoms with Crippen molar-refractivity contribution in [2.45, 2.75) is 33.3 Å². The maximum Gasteiger partial charge on any atom is 0.360 e. The molecule has 1 aliphatic rings. The number of ether oxygens (including phenoxy) is 1. The molecule has 6 nitrogen and oxygen atoms in total. The Morgan fingerprint density at radius 3 is 2.66 bits per heavy atom. The molecule has 0 heterocycles. The number of halogens is 1. The highest BCUT2D eigenvalue weighted by Crippen LogP contribution is 2.27. The average Bonchev–Trinajstić information content (AvgIpc) is 3.10. The van der Waals surface area contributed by atoms with Crippen LogP contribution < -0.4 is 0 Å². The normalized spacial score (nSPS) is 14.7. The molecule has 29 heavy (non-hydrogen) atoms. The smallest absolute Gasteiger partial charge is 0.360 e. The van der Waals surface area contributed by atoms with Crippen LogP contribution in [0.1, 0.15) is 39.8 Å². The summed E-state index contributed by atoms with van der Waals surface area (Å²) in [5.41, 5.74) is 5.79. The number of hydrogen-bond acceptors (Lipinski definition) is 6. The number of hydrogen-bond donors (Lipinski definition) is 0. The van der Waals surface area contributed by atoms with Crippen molar-refractivity contribution >= 4 is 17.4 Å². The van der Waals surface area contributed by atoms with Crippen LogP contribution in [0.5, 0.6) is 0 Å². The lowest BCUT2D eigenvalue weighted by Gasteiger charge is -2.12. The second kappa shape index (κ2) is 8.86. The summed E-state index contributed by atoms with van der Waals surface area (Å²) < 4.78 is 18.6. The van der Waals surface area contributed by atoms with E-state index in [2.05, 4.69) is 10.3 Å². The van der Waals surface area contributed by atoms with Crippen LogP contribution in [0.15, 0.2) is 40.6 Å². The minimum atomic E-state index is -0.610. The zero-order valence-corrected chi connectivity index (χ0v) is 16.9. The molecular weight excluding hydrogens is 375 g/mol. The van der Waals surface area contributed by atoms with Crippen molar-refractivity contribution in [1.82, 2.24) is 0 Å². The molecule has 0 saturated heterocycles. The van der Waals surface area contributed by atoms with Gasteiger partial charge in [-0.25, -0.2) is 9.18 Å². The van der Waals surface area contributed by atoms with Gasteiger partial charge in [0.25, 0.3) is 0 Å². The number of aryl methyl sites for hydroxylation is 2. The van der Waals surface area contributed by atoms with Gasteiger partial charge >= 0.3 is 5.97 Å². The molecule has 0 radical (unpaired) electrons. The quantitative estimate of drug-likeness (QED) is 0.421. The van der Waals surface area contributed by atoms with Crippen molar-refractivity contribution in [1.29, 1.82) is 0 Å². The monoisotopic (exact) mass is 398 g/mol. The zero-order valence-electron chi connectivity index (χ0n) is 16.9. The van der Waals surface area contributed by atoms with E-state index >= 15 is 0 Å². The number of carbonyl (C=O) groups is 1. The Morgan fingerprint density at radius 1 is 1.14 bits per heavy atom. The number of fused-ring (bicyclic) bond motifs is 1. The molecule has 0 bridgehead atoms. The molecule has 2 aromatic carbocycles. The summed E-state index contributed by atoms with van der Waals surface area (Å²) in [6.07, 6.45) is 1.50. The lowest BCUT2D eigenvalue weighted by molar-refractivity contribution is -0.132. The van der Waals surface area contributed by atoms with Crippen LogP contribution in [-0.4, -0.2) is 31.6 Å². The molecule has 3 rings (SSSR count). The number of rotatable bonds is 6. The van der Waals surface area contributed by atoms with Gasteiger partial charge in [0.2, 0.25) is 0 Å². The van der Waals surface area contributed by atoms with Gasteiger partial charge in [0.05, 0.1) is 12.8 Å². The Labute approximate surface area is 168 Å². The Kier molecular flexibility index (Phi) is 6.26. The second-order valence-electron chi connectivity index (χ2n) is 6.78. The van der Waals surface area contributed by atoms with Crippen LogP contribution in [0, 0.1) is 19.7 Å². The van der Waals surface area contributed by atoms with Crippen LogP contribution in [0.3, 0.4) is 0 Å².